The van der Waals surface area contributed by atoms with Gasteiger partial charge in [-0.15, -0.1) is 10.2 Å². The number of hydrogen-bond donors (Lipinski definition) is 1. The maximum absolute atomic E-state index is 11.0. The molecular weight excluding hydrogens is 270 g/mol. The molecule has 1 saturated carbocycles. The summed E-state index contributed by atoms with van der Waals surface area (Å²) in [4.78, 5) is 12.5. The molecule has 1 amide bonds. The van der Waals surface area contributed by atoms with Gasteiger partial charge in [-0.25, -0.2) is 4.79 Å². The standard InChI is InChI=1S/C12H14ClN3O3/c13-10-3-4-11(15-14-10)19-9-2-1-7-5-16(12(17)18)6-8(7)9/h3-4,7-9H,1-2,5-6H2,(H,17,18). The maximum atomic E-state index is 11.0. The van der Waals surface area contributed by atoms with E-state index < -0.39 is 6.09 Å². The Bertz CT molecular complexity index is 482. The van der Waals surface area contributed by atoms with Gasteiger partial charge in [-0.1, -0.05) is 11.6 Å². The van der Waals surface area contributed by atoms with E-state index in [2.05, 4.69) is 10.2 Å². The molecule has 0 radical (unpaired) electrons. The molecule has 6 nitrogen and oxygen atoms in total. The summed E-state index contributed by atoms with van der Waals surface area (Å²) in [5, 5.41) is 17.0. The van der Waals surface area contributed by atoms with Crippen molar-refractivity contribution in [2.45, 2.75) is 18.9 Å². The van der Waals surface area contributed by atoms with Gasteiger partial charge in [0, 0.05) is 25.1 Å². The summed E-state index contributed by atoms with van der Waals surface area (Å²) in [6, 6.07) is 3.32. The molecule has 0 aromatic carbocycles. The summed E-state index contributed by atoms with van der Waals surface area (Å²) >= 11 is 5.67. The Hall–Kier alpha value is -1.56. The van der Waals surface area contributed by atoms with Gasteiger partial charge in [-0.3, -0.25) is 0 Å². The minimum Gasteiger partial charge on any atom is -0.473 e. The summed E-state index contributed by atoms with van der Waals surface area (Å²) in [5.74, 6) is 1.11. The highest BCUT2D eigenvalue weighted by Crippen LogP contribution is 2.39. The number of ether oxygens (including phenoxy) is 1. The zero-order chi connectivity index (χ0) is 13.4. The number of aromatic nitrogens is 2. The lowest BCUT2D eigenvalue weighted by Crippen LogP contribution is -2.31. The first kappa shape index (κ1) is 12.5. The predicted molar refractivity (Wildman–Crippen MR) is 67.3 cm³/mol. The highest BCUT2D eigenvalue weighted by molar-refractivity contribution is 6.29. The quantitative estimate of drug-likeness (QED) is 0.897. The number of carboxylic acid groups (broad SMARTS) is 1. The topological polar surface area (TPSA) is 75.5 Å². The highest BCUT2D eigenvalue weighted by Gasteiger charge is 2.45. The maximum Gasteiger partial charge on any atom is 0.407 e. The first-order valence-electron chi connectivity index (χ1n) is 6.27. The van der Waals surface area contributed by atoms with Crippen LogP contribution < -0.4 is 4.74 Å². The molecule has 19 heavy (non-hydrogen) atoms. The zero-order valence-electron chi connectivity index (χ0n) is 10.2. The summed E-state index contributed by atoms with van der Waals surface area (Å²) in [6.45, 7) is 1.16. The lowest BCUT2D eigenvalue weighted by molar-refractivity contribution is 0.130. The van der Waals surface area contributed by atoms with Crippen LogP contribution >= 0.6 is 11.6 Å². The predicted octanol–water partition coefficient (Wildman–Crippen LogP) is 1.90. The fraction of sp³-hybridized carbons (Fsp3) is 0.583. The molecule has 0 bridgehead atoms. The van der Waals surface area contributed by atoms with Gasteiger partial charge in [0.15, 0.2) is 5.15 Å². The van der Waals surface area contributed by atoms with Gasteiger partial charge in [0.2, 0.25) is 5.88 Å². The monoisotopic (exact) mass is 283 g/mol. The second-order valence-electron chi connectivity index (χ2n) is 5.04. The number of halogens is 1. The molecule has 1 aliphatic carbocycles. The van der Waals surface area contributed by atoms with E-state index in [-0.39, 0.29) is 12.0 Å². The van der Waals surface area contributed by atoms with Crippen molar-refractivity contribution in [3.63, 3.8) is 0 Å². The molecule has 2 heterocycles. The average molecular weight is 284 g/mol. The number of fused-ring (bicyclic) bond motifs is 1. The van der Waals surface area contributed by atoms with E-state index in [0.29, 0.717) is 30.0 Å². The zero-order valence-corrected chi connectivity index (χ0v) is 11.0. The first-order valence-corrected chi connectivity index (χ1v) is 6.65. The fourth-order valence-corrected chi connectivity index (χ4v) is 3.14. The van der Waals surface area contributed by atoms with Crippen LogP contribution in [0, 0.1) is 11.8 Å². The van der Waals surface area contributed by atoms with Gasteiger partial charge in [0.05, 0.1) is 0 Å². The number of nitrogens with zero attached hydrogens (tertiary/aromatic N) is 3. The van der Waals surface area contributed by atoms with Crippen molar-refractivity contribution in [1.29, 1.82) is 0 Å². The fourth-order valence-electron chi connectivity index (χ4n) is 3.04. The third-order valence-electron chi connectivity index (χ3n) is 3.94. The summed E-state index contributed by atoms with van der Waals surface area (Å²) in [7, 11) is 0. The normalized spacial score (nSPS) is 29.3. The molecule has 7 heteroatoms. The third kappa shape index (κ3) is 2.45. The Kier molecular flexibility index (Phi) is 3.18. The van der Waals surface area contributed by atoms with Crippen molar-refractivity contribution in [3.05, 3.63) is 17.3 Å². The van der Waals surface area contributed by atoms with Crippen LogP contribution in [0.2, 0.25) is 5.15 Å². The highest BCUT2D eigenvalue weighted by atomic mass is 35.5. The lowest BCUT2D eigenvalue weighted by Gasteiger charge is -2.19. The largest absolute Gasteiger partial charge is 0.473 e. The van der Waals surface area contributed by atoms with E-state index in [9.17, 15) is 4.79 Å². The molecule has 1 aromatic heterocycles. The third-order valence-corrected chi connectivity index (χ3v) is 4.14. The molecule has 3 atom stereocenters. The summed E-state index contributed by atoms with van der Waals surface area (Å²) in [6.07, 6.45) is 1.11. The van der Waals surface area contributed by atoms with Crippen molar-refractivity contribution in [2.75, 3.05) is 13.1 Å². The minimum absolute atomic E-state index is 0.0184. The van der Waals surface area contributed by atoms with Crippen molar-refractivity contribution in [3.8, 4) is 5.88 Å². The minimum atomic E-state index is -0.848. The Morgan fingerprint density at radius 3 is 2.89 bits per heavy atom. The number of carbonyl (C=O) groups is 1. The van der Waals surface area contributed by atoms with E-state index in [1.807, 2.05) is 0 Å². The second kappa shape index (κ2) is 4.85. The van der Waals surface area contributed by atoms with Crippen LogP contribution in [0.1, 0.15) is 12.8 Å². The number of likely N-dealkylation sites (tertiary alicyclic amines) is 1. The molecule has 3 unspecified atom stereocenters. The van der Waals surface area contributed by atoms with Crippen molar-refractivity contribution >= 4 is 17.7 Å². The summed E-state index contributed by atoms with van der Waals surface area (Å²) in [5.41, 5.74) is 0. The van der Waals surface area contributed by atoms with Crippen LogP contribution in [-0.4, -0.2) is 45.5 Å². The Labute approximate surface area is 115 Å². The van der Waals surface area contributed by atoms with Crippen LogP contribution in [0.4, 0.5) is 4.79 Å². The van der Waals surface area contributed by atoms with Crippen molar-refractivity contribution in [2.24, 2.45) is 11.8 Å². The Balaban J connectivity index is 1.66. The molecule has 102 valence electrons. The first-order chi connectivity index (χ1) is 9.13. The van der Waals surface area contributed by atoms with Crippen LogP contribution in [0.3, 0.4) is 0 Å². The van der Waals surface area contributed by atoms with Crippen LogP contribution in [0.5, 0.6) is 5.88 Å². The van der Waals surface area contributed by atoms with E-state index in [1.165, 1.54) is 4.90 Å². The van der Waals surface area contributed by atoms with Gasteiger partial charge in [0.25, 0.3) is 0 Å². The van der Waals surface area contributed by atoms with Crippen molar-refractivity contribution in [1.82, 2.24) is 15.1 Å². The molecule has 2 aliphatic rings. The molecule has 1 saturated heterocycles. The van der Waals surface area contributed by atoms with Gasteiger partial charge >= 0.3 is 6.09 Å². The van der Waals surface area contributed by atoms with Gasteiger partial charge < -0.3 is 14.7 Å². The van der Waals surface area contributed by atoms with Crippen LogP contribution in [0.25, 0.3) is 0 Å². The molecular formula is C12H14ClN3O3. The van der Waals surface area contributed by atoms with E-state index in [4.69, 9.17) is 21.4 Å². The SMILES string of the molecule is O=C(O)N1CC2CCC(Oc3ccc(Cl)nn3)C2C1. The van der Waals surface area contributed by atoms with E-state index in [0.717, 1.165) is 12.8 Å². The Morgan fingerprint density at radius 2 is 2.21 bits per heavy atom. The van der Waals surface area contributed by atoms with Gasteiger partial charge in [-0.2, -0.15) is 0 Å². The molecule has 1 aromatic rings. The van der Waals surface area contributed by atoms with Crippen LogP contribution in [0.15, 0.2) is 12.1 Å². The smallest absolute Gasteiger partial charge is 0.407 e. The number of hydrogen-bond acceptors (Lipinski definition) is 4. The molecule has 2 fully saturated rings. The lowest BCUT2D eigenvalue weighted by atomic mass is 9.99. The second-order valence-corrected chi connectivity index (χ2v) is 5.43. The molecule has 0 spiro atoms. The van der Waals surface area contributed by atoms with E-state index >= 15 is 0 Å². The average Bonchev–Trinajstić information content (AvgIpc) is 2.94. The number of amides is 1. The molecule has 1 N–H and O–H groups in total. The van der Waals surface area contributed by atoms with Gasteiger partial charge in [-0.05, 0) is 24.8 Å². The number of rotatable bonds is 2. The molecule has 1 aliphatic heterocycles. The Morgan fingerprint density at radius 1 is 1.37 bits per heavy atom. The van der Waals surface area contributed by atoms with Gasteiger partial charge in [0.1, 0.15) is 6.10 Å². The van der Waals surface area contributed by atoms with E-state index in [1.54, 1.807) is 12.1 Å². The van der Waals surface area contributed by atoms with Crippen molar-refractivity contribution < 1.29 is 14.6 Å². The van der Waals surface area contributed by atoms with Crippen LogP contribution in [-0.2, 0) is 0 Å². The molecule has 3 rings (SSSR count). The summed E-state index contributed by atoms with van der Waals surface area (Å²) < 4.78 is 5.82.